The van der Waals surface area contributed by atoms with Crippen LogP contribution in [0.1, 0.15) is 40.6 Å². The van der Waals surface area contributed by atoms with Gasteiger partial charge < -0.3 is 0 Å². The van der Waals surface area contributed by atoms with E-state index >= 15 is 0 Å². The van der Waals surface area contributed by atoms with Crippen molar-refractivity contribution in [3.63, 3.8) is 0 Å². The van der Waals surface area contributed by atoms with E-state index in [9.17, 15) is 0 Å². The third-order valence-corrected chi connectivity index (χ3v) is 4.71. The van der Waals surface area contributed by atoms with Crippen LogP contribution in [0.25, 0.3) is 6.08 Å². The number of allylic oxidation sites excluding steroid dienone is 1. The summed E-state index contributed by atoms with van der Waals surface area (Å²) in [6.07, 6.45) is 4.78. The maximum absolute atomic E-state index is 2.42. The van der Waals surface area contributed by atoms with E-state index in [1.54, 1.807) is 35.9 Å². The Morgan fingerprint density at radius 3 is 2.11 bits per heavy atom. The molecule has 1 aromatic rings. The molecule has 1 aromatic carbocycles. The van der Waals surface area contributed by atoms with Gasteiger partial charge in [-0.3, -0.25) is 0 Å². The zero-order valence-electron chi connectivity index (χ0n) is 13.3. The molecule has 1 unspecified atom stereocenters. The van der Waals surface area contributed by atoms with Crippen LogP contribution in [0.3, 0.4) is 0 Å². The quantitative estimate of drug-likeness (QED) is 0.609. The zero-order valence-corrected chi connectivity index (χ0v) is 16.8. The average molecular weight is 351 g/mol. The fourth-order valence-electron chi connectivity index (χ4n) is 2.14. The monoisotopic (exact) mass is 349 g/mol. The number of aryl methyl sites for hydroxylation is 1. The van der Waals surface area contributed by atoms with Gasteiger partial charge in [0, 0.05) is 8.07 Å². The summed E-state index contributed by atoms with van der Waals surface area (Å²) in [5.41, 5.74) is 6.23. The van der Waals surface area contributed by atoms with Crippen LogP contribution in [-0.2, 0) is 31.1 Å². The van der Waals surface area contributed by atoms with Crippen molar-refractivity contribution < 1.29 is 24.7 Å². The van der Waals surface area contributed by atoms with Crippen LogP contribution in [0.15, 0.2) is 23.8 Å². The van der Waals surface area contributed by atoms with E-state index in [4.69, 9.17) is 0 Å². The topological polar surface area (TPSA) is 0 Å². The Morgan fingerprint density at radius 2 is 1.63 bits per heavy atom. The summed E-state index contributed by atoms with van der Waals surface area (Å²) in [5, 5.41) is 0. The number of benzene rings is 1. The van der Waals surface area contributed by atoms with E-state index in [1.165, 1.54) is 17.5 Å². The van der Waals surface area contributed by atoms with Gasteiger partial charge in [0.05, 0.1) is 0 Å². The Morgan fingerprint density at radius 1 is 1.05 bits per heavy atom. The number of hydrogen-bond donors (Lipinski definition) is 0. The van der Waals surface area contributed by atoms with Crippen LogP contribution >= 0.6 is 0 Å². The predicted octanol–water partition coefficient (Wildman–Crippen LogP) is 5.60. The standard InChI is InChI=1S/C13H15.C4H12Si.Zr/c1-3-10-8-12-7-5-6-11(4-2)13(12)9-10;1-5(2,3)4;/h5-9H,3-4H2,1-2H3;1-4H3;. The summed E-state index contributed by atoms with van der Waals surface area (Å²) in [4.78, 5) is 0. The zero-order chi connectivity index (χ0) is 14.6. The second-order valence-corrected chi connectivity index (χ2v) is 14.2. The van der Waals surface area contributed by atoms with Crippen molar-refractivity contribution >= 4 is 14.1 Å². The van der Waals surface area contributed by atoms with E-state index in [2.05, 4.69) is 64.3 Å². The fraction of sp³-hybridized carbons (Fsp3) is 0.529. The molecule has 0 saturated heterocycles. The Labute approximate surface area is 135 Å². The van der Waals surface area contributed by atoms with Crippen molar-refractivity contribution in [2.75, 3.05) is 0 Å². The molecule has 2 rings (SSSR count). The van der Waals surface area contributed by atoms with E-state index in [1.807, 2.05) is 0 Å². The molecule has 0 amide bonds. The van der Waals surface area contributed by atoms with Crippen LogP contribution in [0.2, 0.25) is 26.2 Å². The molecular weight excluding hydrogens is 323 g/mol. The number of hydrogen-bond acceptors (Lipinski definition) is 0. The summed E-state index contributed by atoms with van der Waals surface area (Å²) in [5.74, 6) is 0. The van der Waals surface area contributed by atoms with Gasteiger partial charge in [0.15, 0.2) is 0 Å². The van der Waals surface area contributed by atoms with Crippen molar-refractivity contribution in [1.29, 1.82) is 0 Å². The molecule has 0 aromatic heterocycles. The Balaban J connectivity index is 0.000000312. The summed E-state index contributed by atoms with van der Waals surface area (Å²) in [7, 11) is -0.611. The fourth-order valence-corrected chi connectivity index (χ4v) is 3.47. The molecule has 0 fully saturated rings. The van der Waals surface area contributed by atoms with E-state index < -0.39 is 8.07 Å². The molecule has 0 bridgehead atoms. The van der Waals surface area contributed by atoms with Crippen molar-refractivity contribution in [1.82, 2.24) is 0 Å². The summed E-state index contributed by atoms with van der Waals surface area (Å²) >= 11 is 1.63. The van der Waals surface area contributed by atoms with Crippen LogP contribution in [0.5, 0.6) is 0 Å². The van der Waals surface area contributed by atoms with Crippen molar-refractivity contribution in [3.05, 3.63) is 40.5 Å². The normalized spacial score (nSPS) is 17.3. The first-order chi connectivity index (χ1) is 8.77. The molecule has 0 radical (unpaired) electrons. The summed E-state index contributed by atoms with van der Waals surface area (Å²) in [6, 6.07) is 6.77. The Kier molecular flexibility index (Phi) is 6.47. The smallest absolute Gasteiger partial charge is 0.0411 e. The van der Waals surface area contributed by atoms with Gasteiger partial charge in [-0.2, -0.15) is 0 Å². The average Bonchev–Trinajstić information content (AvgIpc) is 2.64. The second-order valence-electron chi connectivity index (χ2n) is 6.78. The first-order valence-electron chi connectivity index (χ1n) is 7.31. The minimum atomic E-state index is -0.611. The van der Waals surface area contributed by atoms with Crippen molar-refractivity contribution in [2.45, 2.75) is 56.5 Å². The van der Waals surface area contributed by atoms with Crippen LogP contribution in [-0.4, -0.2) is 8.07 Å². The molecule has 19 heavy (non-hydrogen) atoms. The van der Waals surface area contributed by atoms with Gasteiger partial charge in [0.2, 0.25) is 0 Å². The molecular formula is C17H27SiZr. The summed E-state index contributed by atoms with van der Waals surface area (Å²) < 4.78 is 0.730. The molecule has 2 heteroatoms. The van der Waals surface area contributed by atoms with Crippen LogP contribution in [0, 0.1) is 0 Å². The first kappa shape index (κ1) is 17.1. The molecule has 1 aliphatic rings. The van der Waals surface area contributed by atoms with Crippen molar-refractivity contribution in [2.24, 2.45) is 0 Å². The maximum Gasteiger partial charge on any atom is 0.0411 e. The van der Waals surface area contributed by atoms with E-state index in [0.29, 0.717) is 0 Å². The molecule has 1 atom stereocenters. The molecule has 103 valence electrons. The van der Waals surface area contributed by atoms with Gasteiger partial charge in [0.25, 0.3) is 0 Å². The van der Waals surface area contributed by atoms with Crippen LogP contribution in [0.4, 0.5) is 0 Å². The molecule has 0 N–H and O–H groups in total. The Bertz CT molecular complexity index is 449. The van der Waals surface area contributed by atoms with Gasteiger partial charge >= 0.3 is 102 Å². The summed E-state index contributed by atoms with van der Waals surface area (Å²) in [6.45, 7) is 13.8. The predicted molar refractivity (Wildman–Crippen MR) is 86.0 cm³/mol. The molecule has 1 aliphatic carbocycles. The minimum absolute atomic E-state index is 0.611. The van der Waals surface area contributed by atoms with Gasteiger partial charge in [-0.15, -0.1) is 0 Å². The molecule has 0 nitrogen and oxygen atoms in total. The third kappa shape index (κ3) is 5.16. The largest absolute Gasteiger partial charge is 0.0697 e. The molecule has 0 spiro atoms. The van der Waals surface area contributed by atoms with E-state index in [-0.39, 0.29) is 0 Å². The van der Waals surface area contributed by atoms with Gasteiger partial charge in [-0.25, -0.2) is 0 Å². The third-order valence-electron chi connectivity index (χ3n) is 3.03. The van der Waals surface area contributed by atoms with Gasteiger partial charge in [-0.1, -0.05) is 26.2 Å². The number of rotatable bonds is 2. The Hall–Kier alpha value is 0.0600. The SMILES string of the molecule is CCC1=Cc2c(CC)cccc2[CH]1[Zr].C[Si](C)(C)C. The number of fused-ring (bicyclic) bond motifs is 1. The molecule has 0 aliphatic heterocycles. The van der Waals surface area contributed by atoms with E-state index in [0.717, 1.165) is 10.0 Å². The first-order valence-corrected chi connectivity index (χ1v) is 12.7. The van der Waals surface area contributed by atoms with Crippen molar-refractivity contribution in [3.8, 4) is 0 Å². The van der Waals surface area contributed by atoms with Gasteiger partial charge in [-0.05, 0) is 0 Å². The second kappa shape index (κ2) is 7.18. The molecule has 0 heterocycles. The minimum Gasteiger partial charge on any atom is -0.0697 e. The molecule has 0 saturated carbocycles. The van der Waals surface area contributed by atoms with Crippen LogP contribution < -0.4 is 0 Å². The van der Waals surface area contributed by atoms with Gasteiger partial charge in [0.1, 0.15) is 0 Å². The maximum atomic E-state index is 2.42.